The fraction of sp³-hybridized carbons (Fsp3) is 0.111. The second-order valence-corrected chi connectivity index (χ2v) is 10.6. The van der Waals surface area contributed by atoms with E-state index in [1.807, 2.05) is 60.7 Å². The number of amides is 1. The lowest BCUT2D eigenvalue weighted by Gasteiger charge is -2.22. The van der Waals surface area contributed by atoms with Gasteiger partial charge in [0.1, 0.15) is 6.54 Å². The summed E-state index contributed by atoms with van der Waals surface area (Å²) in [5.74, 6) is -0.321. The molecule has 0 bridgehead atoms. The van der Waals surface area contributed by atoms with Crippen molar-refractivity contribution >= 4 is 55.1 Å². The van der Waals surface area contributed by atoms with E-state index in [-0.39, 0.29) is 24.1 Å². The number of aromatic nitrogens is 2. The average molecular weight is 627 g/mol. The van der Waals surface area contributed by atoms with Crippen molar-refractivity contribution in [3.05, 3.63) is 120 Å². The largest absolute Gasteiger partial charge is 0.271 e. The van der Waals surface area contributed by atoms with E-state index in [0.717, 1.165) is 31.3 Å². The van der Waals surface area contributed by atoms with Crippen molar-refractivity contribution in [1.82, 2.24) is 14.8 Å². The summed E-state index contributed by atoms with van der Waals surface area (Å²) in [5, 5.41) is 11.2. The van der Waals surface area contributed by atoms with Crippen LogP contribution in [0.5, 0.6) is 0 Å². The molecule has 1 amide bonds. The van der Waals surface area contributed by atoms with E-state index < -0.39 is 0 Å². The Morgan fingerprint density at radius 1 is 0.861 bits per heavy atom. The summed E-state index contributed by atoms with van der Waals surface area (Å²) in [7, 11) is 0. The van der Waals surface area contributed by atoms with Gasteiger partial charge in [-0.3, -0.25) is 9.59 Å². The number of carbonyl (C=O) groups excluding carboxylic acids is 1. The topological polar surface area (TPSA) is 67.6 Å². The van der Waals surface area contributed by atoms with Crippen LogP contribution in [0.15, 0.2) is 104 Å². The second-order valence-electron chi connectivity index (χ2n) is 8.28. The molecule has 1 aliphatic heterocycles. The van der Waals surface area contributed by atoms with Crippen molar-refractivity contribution in [2.45, 2.75) is 19.0 Å². The molecule has 1 atom stereocenters. The molecule has 0 spiro atoms. The molecule has 0 saturated heterocycles. The Morgan fingerprint density at radius 3 is 2.14 bits per heavy atom. The molecule has 0 N–H and O–H groups in total. The molecule has 1 aromatic heterocycles. The Morgan fingerprint density at radius 2 is 1.47 bits per heavy atom. The molecule has 1 unspecified atom stereocenters. The number of nitrogens with zero attached hydrogens (tertiary/aromatic N) is 4. The normalized spacial score (nSPS) is 15.1. The maximum absolute atomic E-state index is 13.5. The minimum atomic E-state index is -0.363. The molecule has 4 aromatic rings. The third kappa shape index (κ3) is 5.36. The first-order valence-electron chi connectivity index (χ1n) is 11.1. The van der Waals surface area contributed by atoms with Gasteiger partial charge in [-0.2, -0.15) is 10.2 Å². The maximum Gasteiger partial charge on any atom is 0.267 e. The standard InChI is InChI=1S/C27H19Br2ClN4O2/c28-20-7-1-18(2-8-20)24-15-25(19-3-9-21(29)10-4-19)34(32-24)27(36)16-33-26(35)14-13-23(31-33)17-5-11-22(30)12-6-17/h1-14,25H,15-16H2. The molecule has 0 aliphatic carbocycles. The fourth-order valence-electron chi connectivity index (χ4n) is 4.04. The van der Waals surface area contributed by atoms with Crippen LogP contribution in [0.4, 0.5) is 0 Å². The number of hydrazone groups is 1. The number of halogens is 3. The number of hydrogen-bond acceptors (Lipinski definition) is 4. The zero-order valence-electron chi connectivity index (χ0n) is 18.8. The number of hydrogen-bond donors (Lipinski definition) is 0. The summed E-state index contributed by atoms with van der Waals surface area (Å²) in [5.41, 5.74) is 3.71. The Hall–Kier alpha value is -3.07. The molecule has 2 heterocycles. The van der Waals surface area contributed by atoms with Gasteiger partial charge < -0.3 is 0 Å². The second kappa shape index (κ2) is 10.5. The van der Waals surface area contributed by atoms with Gasteiger partial charge in [-0.05, 0) is 53.6 Å². The molecule has 6 nitrogen and oxygen atoms in total. The minimum Gasteiger partial charge on any atom is -0.271 e. The Labute approximate surface area is 229 Å². The predicted molar refractivity (Wildman–Crippen MR) is 148 cm³/mol. The van der Waals surface area contributed by atoms with Gasteiger partial charge in [0.25, 0.3) is 11.5 Å². The maximum atomic E-state index is 13.5. The summed E-state index contributed by atoms with van der Waals surface area (Å²) < 4.78 is 3.09. The lowest BCUT2D eigenvalue weighted by molar-refractivity contribution is -0.133. The Balaban J connectivity index is 1.46. The van der Waals surface area contributed by atoms with E-state index in [9.17, 15) is 9.59 Å². The zero-order chi connectivity index (χ0) is 25.2. The van der Waals surface area contributed by atoms with Crippen LogP contribution < -0.4 is 5.56 Å². The highest BCUT2D eigenvalue weighted by Gasteiger charge is 2.33. The number of rotatable bonds is 5. The van der Waals surface area contributed by atoms with E-state index in [0.29, 0.717) is 17.1 Å². The third-order valence-electron chi connectivity index (χ3n) is 5.89. The van der Waals surface area contributed by atoms with Gasteiger partial charge in [-0.1, -0.05) is 79.9 Å². The lowest BCUT2D eigenvalue weighted by Crippen LogP contribution is -2.34. The zero-order valence-corrected chi connectivity index (χ0v) is 22.7. The third-order valence-corrected chi connectivity index (χ3v) is 7.20. The van der Waals surface area contributed by atoms with Gasteiger partial charge in [-0.15, -0.1) is 0 Å². The monoisotopic (exact) mass is 624 g/mol. The van der Waals surface area contributed by atoms with Gasteiger partial charge in [0.15, 0.2) is 0 Å². The highest BCUT2D eigenvalue weighted by Crippen LogP contribution is 2.34. The van der Waals surface area contributed by atoms with Crippen molar-refractivity contribution < 1.29 is 4.79 Å². The first-order chi connectivity index (χ1) is 17.4. The van der Waals surface area contributed by atoms with Gasteiger partial charge >= 0.3 is 0 Å². The SMILES string of the molecule is O=C(Cn1nc(-c2ccc(Cl)cc2)ccc1=O)N1N=C(c2ccc(Br)cc2)CC1c1ccc(Br)cc1. The van der Waals surface area contributed by atoms with Crippen molar-refractivity contribution in [2.24, 2.45) is 5.10 Å². The molecule has 180 valence electrons. The molecule has 1 aliphatic rings. The van der Waals surface area contributed by atoms with E-state index in [1.165, 1.54) is 15.8 Å². The molecule has 9 heteroatoms. The smallest absolute Gasteiger partial charge is 0.267 e. The average Bonchev–Trinajstić information content (AvgIpc) is 3.32. The van der Waals surface area contributed by atoms with E-state index >= 15 is 0 Å². The van der Waals surface area contributed by atoms with E-state index in [1.54, 1.807) is 18.2 Å². The molecule has 0 radical (unpaired) electrons. The van der Waals surface area contributed by atoms with Gasteiger partial charge in [0, 0.05) is 32.0 Å². The summed E-state index contributed by atoms with van der Waals surface area (Å²) >= 11 is 12.9. The molecular formula is C27H19Br2ClN4O2. The van der Waals surface area contributed by atoms with E-state index in [4.69, 9.17) is 16.7 Å². The summed E-state index contributed by atoms with van der Waals surface area (Å²) in [6.45, 7) is -0.232. The summed E-state index contributed by atoms with van der Waals surface area (Å²) in [4.78, 5) is 26.1. The van der Waals surface area contributed by atoms with Crippen molar-refractivity contribution in [1.29, 1.82) is 0 Å². The first-order valence-corrected chi connectivity index (χ1v) is 13.1. The van der Waals surface area contributed by atoms with Crippen LogP contribution in [-0.2, 0) is 11.3 Å². The van der Waals surface area contributed by atoms with Crippen LogP contribution in [0, 0.1) is 0 Å². The Bertz CT molecular complexity index is 1500. The van der Waals surface area contributed by atoms with Crippen LogP contribution in [0.1, 0.15) is 23.6 Å². The van der Waals surface area contributed by atoms with Crippen molar-refractivity contribution in [3.63, 3.8) is 0 Å². The lowest BCUT2D eigenvalue weighted by atomic mass is 9.98. The first kappa shape index (κ1) is 24.6. The number of carbonyl (C=O) groups is 1. The van der Waals surface area contributed by atoms with Crippen LogP contribution in [0.25, 0.3) is 11.3 Å². The van der Waals surface area contributed by atoms with Crippen LogP contribution in [0.3, 0.4) is 0 Å². The predicted octanol–water partition coefficient (Wildman–Crippen LogP) is 6.47. The van der Waals surface area contributed by atoms with Crippen molar-refractivity contribution in [3.8, 4) is 11.3 Å². The Kier molecular flexibility index (Phi) is 7.18. The van der Waals surface area contributed by atoms with E-state index in [2.05, 4.69) is 37.0 Å². The van der Waals surface area contributed by atoms with Gasteiger partial charge in [-0.25, -0.2) is 9.69 Å². The molecule has 3 aromatic carbocycles. The quantitative estimate of drug-likeness (QED) is 0.255. The molecule has 0 fully saturated rings. The summed E-state index contributed by atoms with van der Waals surface area (Å²) in [6, 6.07) is 25.6. The molecular weight excluding hydrogens is 608 g/mol. The highest BCUT2D eigenvalue weighted by atomic mass is 79.9. The van der Waals surface area contributed by atoms with Crippen LogP contribution in [-0.4, -0.2) is 26.4 Å². The molecule has 5 rings (SSSR count). The van der Waals surface area contributed by atoms with Crippen LogP contribution >= 0.6 is 43.5 Å². The molecule has 36 heavy (non-hydrogen) atoms. The fourth-order valence-corrected chi connectivity index (χ4v) is 4.69. The summed E-state index contributed by atoms with van der Waals surface area (Å²) in [6.07, 6.45) is 0.558. The van der Waals surface area contributed by atoms with Gasteiger partial charge in [0.2, 0.25) is 0 Å². The number of benzene rings is 3. The van der Waals surface area contributed by atoms with Crippen LogP contribution in [0.2, 0.25) is 5.02 Å². The molecule has 0 saturated carbocycles. The highest BCUT2D eigenvalue weighted by molar-refractivity contribution is 9.10. The van der Waals surface area contributed by atoms with Gasteiger partial charge in [0.05, 0.1) is 17.4 Å². The minimum absolute atomic E-state index is 0.232. The van der Waals surface area contributed by atoms with Crippen molar-refractivity contribution in [2.75, 3.05) is 0 Å².